The predicted octanol–water partition coefficient (Wildman–Crippen LogP) is 2.74. The van der Waals surface area contributed by atoms with Gasteiger partial charge >= 0.3 is 0 Å². The van der Waals surface area contributed by atoms with E-state index in [9.17, 15) is 0 Å². The van der Waals surface area contributed by atoms with Crippen LogP contribution in [-0.4, -0.2) is 37.6 Å². The lowest BCUT2D eigenvalue weighted by atomic mass is 9.89. The molecule has 1 aliphatic rings. The van der Waals surface area contributed by atoms with Crippen LogP contribution in [0.15, 0.2) is 0 Å². The Morgan fingerprint density at radius 1 is 1.19 bits per heavy atom. The molecule has 1 aliphatic heterocycles. The van der Waals surface area contributed by atoms with Crippen molar-refractivity contribution in [2.75, 3.05) is 32.7 Å². The minimum atomic E-state index is 0.412. The van der Waals surface area contributed by atoms with Gasteiger partial charge in [0, 0.05) is 13.1 Å². The maximum Gasteiger partial charge on any atom is 0.00448 e. The van der Waals surface area contributed by atoms with Crippen molar-refractivity contribution in [3.8, 4) is 0 Å². The van der Waals surface area contributed by atoms with E-state index >= 15 is 0 Å². The number of rotatable bonds is 6. The van der Waals surface area contributed by atoms with Crippen molar-refractivity contribution in [2.24, 2.45) is 11.3 Å². The largest absolute Gasteiger partial charge is 0.316 e. The van der Waals surface area contributed by atoms with Crippen molar-refractivity contribution in [1.29, 1.82) is 0 Å². The van der Waals surface area contributed by atoms with Crippen LogP contribution in [0.5, 0.6) is 0 Å². The first-order chi connectivity index (χ1) is 7.57. The summed E-state index contributed by atoms with van der Waals surface area (Å²) in [5, 5.41) is 3.47. The van der Waals surface area contributed by atoms with Crippen LogP contribution in [0.3, 0.4) is 0 Å². The lowest BCUT2D eigenvalue weighted by Gasteiger charge is -2.37. The van der Waals surface area contributed by atoms with Crippen LogP contribution in [0.4, 0.5) is 0 Å². The van der Waals surface area contributed by atoms with E-state index in [0.717, 1.165) is 19.0 Å². The van der Waals surface area contributed by atoms with Gasteiger partial charge in [-0.15, -0.1) is 0 Å². The SMILES string of the molecule is CCNCC(C)(C)CN1CCC(CC)CC1. The molecule has 1 saturated heterocycles. The number of hydrogen-bond donors (Lipinski definition) is 1. The number of likely N-dealkylation sites (tertiary alicyclic amines) is 1. The molecule has 96 valence electrons. The van der Waals surface area contributed by atoms with E-state index in [0.29, 0.717) is 5.41 Å². The second-order valence-corrected chi connectivity index (χ2v) is 6.07. The predicted molar refractivity (Wildman–Crippen MR) is 71.8 cm³/mol. The summed E-state index contributed by atoms with van der Waals surface area (Å²) in [5.41, 5.74) is 0.412. The Bertz CT molecular complexity index is 181. The smallest absolute Gasteiger partial charge is 0.00448 e. The van der Waals surface area contributed by atoms with Gasteiger partial charge in [-0.3, -0.25) is 0 Å². The molecule has 0 unspecified atom stereocenters. The van der Waals surface area contributed by atoms with Gasteiger partial charge in [0.05, 0.1) is 0 Å². The van der Waals surface area contributed by atoms with Gasteiger partial charge in [0.2, 0.25) is 0 Å². The molecule has 2 heteroatoms. The molecule has 0 bridgehead atoms. The third kappa shape index (κ3) is 4.84. The van der Waals surface area contributed by atoms with Crippen LogP contribution in [0.25, 0.3) is 0 Å². The van der Waals surface area contributed by atoms with Crippen LogP contribution >= 0.6 is 0 Å². The molecule has 0 aromatic rings. The summed E-state index contributed by atoms with van der Waals surface area (Å²) in [6, 6.07) is 0. The molecular weight excluding hydrogens is 196 g/mol. The van der Waals surface area contributed by atoms with Crippen LogP contribution in [0, 0.1) is 11.3 Å². The summed E-state index contributed by atoms with van der Waals surface area (Å²) in [6.45, 7) is 15.4. The van der Waals surface area contributed by atoms with Crippen molar-refractivity contribution < 1.29 is 0 Å². The molecule has 16 heavy (non-hydrogen) atoms. The van der Waals surface area contributed by atoms with Crippen LogP contribution < -0.4 is 5.32 Å². The average Bonchev–Trinajstić information content (AvgIpc) is 2.27. The van der Waals surface area contributed by atoms with Crippen LogP contribution in [0.1, 0.15) is 47.0 Å². The molecule has 1 rings (SSSR count). The van der Waals surface area contributed by atoms with Crippen LogP contribution in [-0.2, 0) is 0 Å². The molecule has 2 nitrogen and oxygen atoms in total. The van der Waals surface area contributed by atoms with Crippen molar-refractivity contribution in [3.63, 3.8) is 0 Å². The zero-order valence-electron chi connectivity index (χ0n) is 11.7. The topological polar surface area (TPSA) is 15.3 Å². The van der Waals surface area contributed by atoms with E-state index in [1.807, 2.05) is 0 Å². The Morgan fingerprint density at radius 2 is 1.81 bits per heavy atom. The second-order valence-electron chi connectivity index (χ2n) is 6.07. The summed E-state index contributed by atoms with van der Waals surface area (Å²) in [7, 11) is 0. The van der Waals surface area contributed by atoms with Crippen molar-refractivity contribution in [1.82, 2.24) is 10.2 Å². The van der Waals surface area contributed by atoms with Gasteiger partial charge < -0.3 is 10.2 Å². The molecule has 0 aliphatic carbocycles. The highest BCUT2D eigenvalue weighted by Crippen LogP contribution is 2.23. The summed E-state index contributed by atoms with van der Waals surface area (Å²) in [6.07, 6.45) is 4.19. The Balaban J connectivity index is 2.26. The maximum atomic E-state index is 3.47. The highest BCUT2D eigenvalue weighted by Gasteiger charge is 2.24. The molecule has 0 radical (unpaired) electrons. The van der Waals surface area contributed by atoms with E-state index in [4.69, 9.17) is 0 Å². The zero-order chi connectivity index (χ0) is 12.0. The standard InChI is InChI=1S/C14H30N2/c1-5-13-7-9-16(10-8-13)12-14(3,4)11-15-6-2/h13,15H,5-12H2,1-4H3. The molecule has 1 heterocycles. The molecular formula is C14H30N2. The fraction of sp³-hybridized carbons (Fsp3) is 1.00. The minimum Gasteiger partial charge on any atom is -0.316 e. The van der Waals surface area contributed by atoms with Gasteiger partial charge in [-0.1, -0.05) is 34.1 Å². The molecule has 0 saturated carbocycles. The molecule has 0 amide bonds. The molecule has 0 atom stereocenters. The first-order valence-corrected chi connectivity index (χ1v) is 7.00. The Hall–Kier alpha value is -0.0800. The third-order valence-electron chi connectivity index (χ3n) is 3.79. The van der Waals surface area contributed by atoms with E-state index in [1.165, 1.54) is 38.9 Å². The number of hydrogen-bond acceptors (Lipinski definition) is 2. The van der Waals surface area contributed by atoms with E-state index in [2.05, 4.69) is 37.9 Å². The Kier molecular flexibility index (Phi) is 5.77. The summed E-state index contributed by atoms with van der Waals surface area (Å²) >= 11 is 0. The first-order valence-electron chi connectivity index (χ1n) is 7.00. The quantitative estimate of drug-likeness (QED) is 0.749. The van der Waals surface area contributed by atoms with Gasteiger partial charge in [0.25, 0.3) is 0 Å². The number of nitrogens with one attached hydrogen (secondary N) is 1. The lowest BCUT2D eigenvalue weighted by Crippen LogP contribution is -2.43. The second kappa shape index (κ2) is 6.61. The van der Waals surface area contributed by atoms with Gasteiger partial charge in [-0.25, -0.2) is 0 Å². The molecule has 1 fully saturated rings. The monoisotopic (exact) mass is 226 g/mol. The molecule has 0 spiro atoms. The number of piperidine rings is 1. The van der Waals surface area contributed by atoms with E-state index in [-0.39, 0.29) is 0 Å². The summed E-state index contributed by atoms with van der Waals surface area (Å²) < 4.78 is 0. The summed E-state index contributed by atoms with van der Waals surface area (Å²) in [4.78, 5) is 2.66. The fourth-order valence-corrected chi connectivity index (χ4v) is 2.68. The minimum absolute atomic E-state index is 0.412. The zero-order valence-corrected chi connectivity index (χ0v) is 11.7. The summed E-state index contributed by atoms with van der Waals surface area (Å²) in [5.74, 6) is 0.994. The van der Waals surface area contributed by atoms with Crippen molar-refractivity contribution in [3.05, 3.63) is 0 Å². The van der Waals surface area contributed by atoms with E-state index < -0.39 is 0 Å². The van der Waals surface area contributed by atoms with Gasteiger partial charge in [0.15, 0.2) is 0 Å². The average molecular weight is 226 g/mol. The first kappa shape index (κ1) is 14.0. The highest BCUT2D eigenvalue weighted by molar-refractivity contribution is 4.79. The normalized spacial score (nSPS) is 20.2. The lowest BCUT2D eigenvalue weighted by molar-refractivity contribution is 0.126. The fourth-order valence-electron chi connectivity index (χ4n) is 2.68. The van der Waals surface area contributed by atoms with Gasteiger partial charge in [-0.2, -0.15) is 0 Å². The Labute approximate surface area is 102 Å². The van der Waals surface area contributed by atoms with Crippen molar-refractivity contribution >= 4 is 0 Å². The molecule has 1 N–H and O–H groups in total. The maximum absolute atomic E-state index is 3.47. The van der Waals surface area contributed by atoms with Gasteiger partial charge in [0.1, 0.15) is 0 Å². The highest BCUT2D eigenvalue weighted by atomic mass is 15.1. The van der Waals surface area contributed by atoms with Gasteiger partial charge in [-0.05, 0) is 43.8 Å². The number of nitrogens with zero attached hydrogens (tertiary/aromatic N) is 1. The molecule has 0 aromatic carbocycles. The Morgan fingerprint density at radius 3 is 2.31 bits per heavy atom. The molecule has 0 aromatic heterocycles. The van der Waals surface area contributed by atoms with E-state index in [1.54, 1.807) is 0 Å². The van der Waals surface area contributed by atoms with Crippen molar-refractivity contribution in [2.45, 2.75) is 47.0 Å². The third-order valence-corrected chi connectivity index (χ3v) is 3.79. The van der Waals surface area contributed by atoms with Crippen LogP contribution in [0.2, 0.25) is 0 Å².